The van der Waals surface area contributed by atoms with Gasteiger partial charge in [-0.25, -0.2) is 0 Å². The van der Waals surface area contributed by atoms with Crippen LogP contribution in [0.1, 0.15) is 34.6 Å². The van der Waals surface area contributed by atoms with Crippen LogP contribution < -0.4 is 5.32 Å². The van der Waals surface area contributed by atoms with E-state index < -0.39 is 6.04 Å². The predicted octanol–water partition coefficient (Wildman–Crippen LogP) is 1.41. The Morgan fingerprint density at radius 3 is 2.00 bits per heavy atom. The summed E-state index contributed by atoms with van der Waals surface area (Å²) in [6.07, 6.45) is 0. The summed E-state index contributed by atoms with van der Waals surface area (Å²) in [6, 6.07) is 6.06. The summed E-state index contributed by atoms with van der Waals surface area (Å²) in [5, 5.41) is 3.36. The fourth-order valence-electron chi connectivity index (χ4n) is 4.38. The van der Waals surface area contributed by atoms with E-state index in [1.165, 1.54) is 4.90 Å². The smallest absolute Gasteiger partial charge is 0.262 e. The molecule has 140 valence electrons. The van der Waals surface area contributed by atoms with Crippen molar-refractivity contribution in [1.29, 1.82) is 0 Å². The molecule has 1 aromatic rings. The molecule has 0 aromatic heterocycles. The van der Waals surface area contributed by atoms with Gasteiger partial charge in [0.15, 0.2) is 0 Å². The first-order chi connectivity index (χ1) is 12.0. The highest BCUT2D eigenvalue weighted by Gasteiger charge is 2.47. The van der Waals surface area contributed by atoms with E-state index in [9.17, 15) is 14.4 Å². The van der Waals surface area contributed by atoms with Gasteiger partial charge in [0.2, 0.25) is 5.91 Å². The molecule has 26 heavy (non-hydrogen) atoms. The molecule has 1 unspecified atom stereocenters. The second-order valence-corrected chi connectivity index (χ2v) is 7.64. The predicted molar refractivity (Wildman–Crippen MR) is 99.2 cm³/mol. The maximum absolute atomic E-state index is 13.2. The van der Waals surface area contributed by atoms with Gasteiger partial charge in [0.1, 0.15) is 6.04 Å². The molecule has 2 fully saturated rings. The third kappa shape index (κ3) is 2.81. The highest BCUT2D eigenvalue weighted by molar-refractivity contribution is 6.22. The van der Waals surface area contributed by atoms with Crippen LogP contribution in [-0.4, -0.2) is 59.7 Å². The Bertz CT molecular complexity index is 704. The van der Waals surface area contributed by atoms with Gasteiger partial charge < -0.3 is 10.2 Å². The van der Waals surface area contributed by atoms with Crippen LogP contribution in [-0.2, 0) is 4.79 Å². The van der Waals surface area contributed by atoms with E-state index in [0.29, 0.717) is 36.1 Å². The number of carbonyl (C=O) groups is 3. The molecule has 7 heteroatoms. The average Bonchev–Trinajstić information content (AvgIpc) is 3.24. The molecule has 3 aliphatic heterocycles. The third-order valence-electron chi connectivity index (χ3n) is 5.69. The van der Waals surface area contributed by atoms with Gasteiger partial charge in [-0.15, -0.1) is 12.4 Å². The second kappa shape index (κ2) is 7.00. The average molecular weight is 378 g/mol. The van der Waals surface area contributed by atoms with Crippen molar-refractivity contribution in [3.05, 3.63) is 35.4 Å². The number of halogens is 1. The second-order valence-electron chi connectivity index (χ2n) is 7.64. The Balaban J connectivity index is 0.00000196. The molecular weight excluding hydrogens is 354 g/mol. The first kappa shape index (κ1) is 18.9. The summed E-state index contributed by atoms with van der Waals surface area (Å²) in [7, 11) is 0. The summed E-state index contributed by atoms with van der Waals surface area (Å²) in [6.45, 7) is 7.09. The molecule has 1 aromatic carbocycles. The number of amides is 3. The molecule has 4 rings (SSSR count). The van der Waals surface area contributed by atoms with Crippen LogP contribution in [0.3, 0.4) is 0 Å². The summed E-state index contributed by atoms with van der Waals surface area (Å²) in [5.74, 6) is 0.0347. The number of likely N-dealkylation sites (tertiary alicyclic amines) is 1. The van der Waals surface area contributed by atoms with Crippen LogP contribution in [0.5, 0.6) is 0 Å². The highest BCUT2D eigenvalue weighted by atomic mass is 35.5. The van der Waals surface area contributed by atoms with Gasteiger partial charge in [0.25, 0.3) is 11.8 Å². The number of carbonyl (C=O) groups excluding carboxylic acids is 3. The molecular formula is C19H24ClN3O3. The van der Waals surface area contributed by atoms with Crippen LogP contribution in [0.25, 0.3) is 0 Å². The highest BCUT2D eigenvalue weighted by Crippen LogP contribution is 2.31. The van der Waals surface area contributed by atoms with Crippen molar-refractivity contribution in [2.24, 2.45) is 17.8 Å². The zero-order valence-electron chi connectivity index (χ0n) is 15.0. The number of fused-ring (bicyclic) bond motifs is 2. The van der Waals surface area contributed by atoms with Gasteiger partial charge in [0.05, 0.1) is 11.1 Å². The largest absolute Gasteiger partial charge is 0.340 e. The van der Waals surface area contributed by atoms with Gasteiger partial charge >= 0.3 is 0 Å². The lowest BCUT2D eigenvalue weighted by Gasteiger charge is -2.32. The molecule has 1 N–H and O–H groups in total. The number of hydrogen-bond donors (Lipinski definition) is 1. The fraction of sp³-hybridized carbons (Fsp3) is 0.526. The van der Waals surface area contributed by atoms with Gasteiger partial charge in [-0.3, -0.25) is 19.3 Å². The minimum Gasteiger partial charge on any atom is -0.340 e. The molecule has 0 radical (unpaired) electrons. The number of benzene rings is 1. The van der Waals surface area contributed by atoms with Crippen LogP contribution >= 0.6 is 12.4 Å². The van der Waals surface area contributed by atoms with E-state index in [0.717, 1.165) is 13.1 Å². The summed E-state index contributed by atoms with van der Waals surface area (Å²) in [5.41, 5.74) is 0.793. The van der Waals surface area contributed by atoms with Crippen molar-refractivity contribution in [2.45, 2.75) is 19.9 Å². The Morgan fingerprint density at radius 2 is 1.54 bits per heavy atom. The number of rotatable bonds is 3. The van der Waals surface area contributed by atoms with Crippen LogP contribution in [0.15, 0.2) is 24.3 Å². The third-order valence-corrected chi connectivity index (χ3v) is 5.69. The first-order valence-electron chi connectivity index (χ1n) is 8.95. The van der Waals surface area contributed by atoms with Crippen molar-refractivity contribution in [3.8, 4) is 0 Å². The monoisotopic (exact) mass is 377 g/mol. The number of nitrogens with one attached hydrogen (secondary N) is 1. The van der Waals surface area contributed by atoms with Gasteiger partial charge in [-0.1, -0.05) is 26.0 Å². The summed E-state index contributed by atoms with van der Waals surface area (Å²) < 4.78 is 0. The lowest BCUT2D eigenvalue weighted by atomic mass is 10.0. The standard InChI is InChI=1S/C19H23N3O3.ClH/c1-11(2)16(19(25)21-9-12-7-20-8-13(12)10-21)22-17(23)14-5-3-4-6-15(14)18(22)24;/h3-6,11-13,16,20H,7-10H2,1-2H3;1H/t12-,13+,16?;. The SMILES string of the molecule is CC(C)C(C(=O)N1C[C@H]2CNC[C@H]2C1)N1C(=O)c2ccccc2C1=O.Cl. The number of nitrogens with zero attached hydrogens (tertiary/aromatic N) is 2. The maximum Gasteiger partial charge on any atom is 0.262 e. The van der Waals surface area contributed by atoms with Crippen LogP contribution in [0, 0.1) is 17.8 Å². The maximum atomic E-state index is 13.2. The van der Waals surface area contributed by atoms with Crippen molar-refractivity contribution < 1.29 is 14.4 Å². The van der Waals surface area contributed by atoms with Crippen molar-refractivity contribution in [1.82, 2.24) is 15.1 Å². The van der Waals surface area contributed by atoms with Gasteiger partial charge in [-0.2, -0.15) is 0 Å². The van der Waals surface area contributed by atoms with E-state index in [4.69, 9.17) is 0 Å². The Labute approximate surface area is 159 Å². The summed E-state index contributed by atoms with van der Waals surface area (Å²) >= 11 is 0. The molecule has 3 aliphatic rings. The van der Waals surface area contributed by atoms with Crippen molar-refractivity contribution in [2.75, 3.05) is 26.2 Å². The topological polar surface area (TPSA) is 69.7 Å². The van der Waals surface area contributed by atoms with Crippen LogP contribution in [0.2, 0.25) is 0 Å². The molecule has 0 saturated carbocycles. The van der Waals surface area contributed by atoms with Crippen LogP contribution in [0.4, 0.5) is 0 Å². The van der Waals surface area contributed by atoms with E-state index in [1.54, 1.807) is 24.3 Å². The van der Waals surface area contributed by atoms with Crippen molar-refractivity contribution >= 4 is 30.1 Å². The molecule has 0 bridgehead atoms. The Morgan fingerprint density at radius 1 is 1.04 bits per heavy atom. The first-order valence-corrected chi connectivity index (χ1v) is 8.95. The minimum atomic E-state index is -0.737. The van der Waals surface area contributed by atoms with E-state index in [-0.39, 0.29) is 36.0 Å². The Kier molecular flexibility index (Phi) is 5.08. The normalized spacial score (nSPS) is 25.3. The number of hydrogen-bond acceptors (Lipinski definition) is 4. The number of imide groups is 1. The molecule has 0 aliphatic carbocycles. The lowest BCUT2D eigenvalue weighted by molar-refractivity contribution is -0.136. The summed E-state index contributed by atoms with van der Waals surface area (Å²) in [4.78, 5) is 41.8. The minimum absolute atomic E-state index is 0. The van der Waals surface area contributed by atoms with Gasteiger partial charge in [-0.05, 0) is 29.9 Å². The van der Waals surface area contributed by atoms with E-state index in [2.05, 4.69) is 5.32 Å². The Hall–Kier alpha value is -1.92. The quantitative estimate of drug-likeness (QED) is 0.808. The van der Waals surface area contributed by atoms with Gasteiger partial charge in [0, 0.05) is 26.2 Å². The molecule has 3 atom stereocenters. The fourth-order valence-corrected chi connectivity index (χ4v) is 4.38. The lowest BCUT2D eigenvalue weighted by Crippen LogP contribution is -2.53. The zero-order chi connectivity index (χ0) is 17.7. The molecule has 2 saturated heterocycles. The molecule has 3 heterocycles. The molecule has 6 nitrogen and oxygen atoms in total. The van der Waals surface area contributed by atoms with Crippen molar-refractivity contribution in [3.63, 3.8) is 0 Å². The zero-order valence-corrected chi connectivity index (χ0v) is 15.8. The molecule has 0 spiro atoms. The van der Waals surface area contributed by atoms with E-state index >= 15 is 0 Å². The van der Waals surface area contributed by atoms with E-state index in [1.807, 2.05) is 18.7 Å². The molecule has 3 amide bonds.